The molecule has 2 aromatic carbocycles. The standard InChI is InChI=1S/C17H19BrClNO/c1-12(2)11-21-15-5-3-4-14(9-15)20-10-13-6-7-17(19)16(18)8-13/h3-9,12,20H,10-11H2,1-2H3. The molecule has 0 amide bonds. The Morgan fingerprint density at radius 3 is 2.71 bits per heavy atom. The van der Waals surface area contributed by atoms with Gasteiger partial charge in [-0.2, -0.15) is 0 Å². The molecule has 0 spiro atoms. The maximum atomic E-state index is 6.00. The van der Waals surface area contributed by atoms with Crippen LogP contribution in [0, 0.1) is 5.92 Å². The van der Waals surface area contributed by atoms with Gasteiger partial charge >= 0.3 is 0 Å². The van der Waals surface area contributed by atoms with E-state index in [1.54, 1.807) is 0 Å². The molecule has 0 aromatic heterocycles. The van der Waals surface area contributed by atoms with E-state index in [1.165, 1.54) is 5.56 Å². The number of anilines is 1. The van der Waals surface area contributed by atoms with Crippen molar-refractivity contribution in [1.29, 1.82) is 0 Å². The molecule has 0 aliphatic rings. The summed E-state index contributed by atoms with van der Waals surface area (Å²) in [6.45, 7) is 5.75. The maximum absolute atomic E-state index is 6.00. The first-order valence-corrected chi connectivity index (χ1v) is 8.12. The van der Waals surface area contributed by atoms with Gasteiger partial charge in [0.05, 0.1) is 11.6 Å². The second kappa shape index (κ2) is 7.71. The van der Waals surface area contributed by atoms with Gasteiger partial charge in [-0.3, -0.25) is 0 Å². The zero-order valence-electron chi connectivity index (χ0n) is 12.2. The van der Waals surface area contributed by atoms with E-state index in [0.717, 1.165) is 34.1 Å². The number of benzene rings is 2. The lowest BCUT2D eigenvalue weighted by Gasteiger charge is -2.11. The molecular formula is C17H19BrClNO. The summed E-state index contributed by atoms with van der Waals surface area (Å²) < 4.78 is 6.64. The summed E-state index contributed by atoms with van der Waals surface area (Å²) in [4.78, 5) is 0. The maximum Gasteiger partial charge on any atom is 0.121 e. The van der Waals surface area contributed by atoms with Crippen LogP contribution in [0.5, 0.6) is 5.75 Å². The van der Waals surface area contributed by atoms with Gasteiger partial charge < -0.3 is 10.1 Å². The van der Waals surface area contributed by atoms with Crippen molar-refractivity contribution < 1.29 is 4.74 Å². The smallest absolute Gasteiger partial charge is 0.121 e. The summed E-state index contributed by atoms with van der Waals surface area (Å²) in [5.41, 5.74) is 2.21. The highest BCUT2D eigenvalue weighted by Gasteiger charge is 2.01. The molecule has 0 fully saturated rings. The lowest BCUT2D eigenvalue weighted by Crippen LogP contribution is -2.05. The van der Waals surface area contributed by atoms with Crippen molar-refractivity contribution in [3.63, 3.8) is 0 Å². The molecule has 2 rings (SSSR count). The highest BCUT2D eigenvalue weighted by molar-refractivity contribution is 9.10. The van der Waals surface area contributed by atoms with Crippen LogP contribution in [0.25, 0.3) is 0 Å². The zero-order valence-corrected chi connectivity index (χ0v) is 14.5. The van der Waals surface area contributed by atoms with Gasteiger partial charge in [0.15, 0.2) is 0 Å². The summed E-state index contributed by atoms with van der Waals surface area (Å²) in [5.74, 6) is 1.42. The summed E-state index contributed by atoms with van der Waals surface area (Å²) in [7, 11) is 0. The molecule has 0 aliphatic carbocycles. The molecule has 1 N–H and O–H groups in total. The van der Waals surface area contributed by atoms with Crippen molar-refractivity contribution in [2.24, 2.45) is 5.92 Å². The molecule has 0 radical (unpaired) electrons. The fraction of sp³-hybridized carbons (Fsp3) is 0.294. The molecule has 4 heteroatoms. The summed E-state index contributed by atoms with van der Waals surface area (Å²) in [6, 6.07) is 14.0. The first-order chi connectivity index (χ1) is 10.0. The molecule has 0 aliphatic heterocycles. The van der Waals surface area contributed by atoms with Crippen molar-refractivity contribution in [2.75, 3.05) is 11.9 Å². The Hall–Kier alpha value is -1.19. The number of rotatable bonds is 6. The lowest BCUT2D eigenvalue weighted by atomic mass is 10.2. The minimum atomic E-state index is 0.521. The molecule has 0 unspecified atom stereocenters. The Morgan fingerprint density at radius 2 is 2.00 bits per heavy atom. The average Bonchev–Trinajstić information content (AvgIpc) is 2.47. The molecule has 2 aromatic rings. The number of hydrogen-bond donors (Lipinski definition) is 1. The number of nitrogens with one attached hydrogen (secondary N) is 1. The van der Waals surface area contributed by atoms with Gasteiger partial charge in [-0.1, -0.05) is 37.6 Å². The van der Waals surface area contributed by atoms with Crippen molar-refractivity contribution in [2.45, 2.75) is 20.4 Å². The van der Waals surface area contributed by atoms with Gasteiger partial charge in [0.1, 0.15) is 5.75 Å². The van der Waals surface area contributed by atoms with E-state index in [1.807, 2.05) is 42.5 Å². The Kier molecular flexibility index (Phi) is 5.95. The second-order valence-electron chi connectivity index (χ2n) is 5.33. The van der Waals surface area contributed by atoms with E-state index in [0.29, 0.717) is 5.92 Å². The summed E-state index contributed by atoms with van der Waals surface area (Å²) in [5, 5.41) is 4.12. The largest absolute Gasteiger partial charge is 0.493 e. The van der Waals surface area contributed by atoms with Crippen LogP contribution in [0.2, 0.25) is 5.02 Å². The fourth-order valence-electron chi connectivity index (χ4n) is 1.81. The highest BCUT2D eigenvalue weighted by Crippen LogP contribution is 2.24. The van der Waals surface area contributed by atoms with Gasteiger partial charge in [0.25, 0.3) is 0 Å². The van der Waals surface area contributed by atoms with Crippen molar-refractivity contribution in [3.8, 4) is 5.75 Å². The van der Waals surface area contributed by atoms with Crippen molar-refractivity contribution in [3.05, 3.63) is 57.5 Å². The third kappa shape index (κ3) is 5.25. The number of ether oxygens (including phenoxy) is 1. The molecular weight excluding hydrogens is 350 g/mol. The van der Waals surface area contributed by atoms with Crippen molar-refractivity contribution >= 4 is 33.2 Å². The lowest BCUT2D eigenvalue weighted by molar-refractivity contribution is 0.271. The Labute approximate surface area is 139 Å². The van der Waals surface area contributed by atoms with Gasteiger partial charge in [0, 0.05) is 22.8 Å². The zero-order chi connectivity index (χ0) is 15.2. The van der Waals surface area contributed by atoms with E-state index >= 15 is 0 Å². The SMILES string of the molecule is CC(C)COc1cccc(NCc2ccc(Cl)c(Br)c2)c1. The first kappa shape index (κ1) is 16.2. The molecule has 21 heavy (non-hydrogen) atoms. The van der Waals surface area contributed by atoms with Gasteiger partial charge in [-0.15, -0.1) is 0 Å². The molecule has 0 saturated carbocycles. The van der Waals surface area contributed by atoms with Gasteiger partial charge in [-0.05, 0) is 51.7 Å². The monoisotopic (exact) mass is 367 g/mol. The van der Waals surface area contributed by atoms with E-state index in [4.69, 9.17) is 16.3 Å². The summed E-state index contributed by atoms with van der Waals surface area (Å²) >= 11 is 9.43. The van der Waals surface area contributed by atoms with Crippen LogP contribution < -0.4 is 10.1 Å². The molecule has 112 valence electrons. The normalized spacial score (nSPS) is 10.7. The summed E-state index contributed by atoms with van der Waals surface area (Å²) in [6.07, 6.45) is 0. The fourth-order valence-corrected chi connectivity index (χ4v) is 2.36. The van der Waals surface area contributed by atoms with Crippen LogP contribution in [-0.4, -0.2) is 6.61 Å². The van der Waals surface area contributed by atoms with Crippen molar-refractivity contribution in [1.82, 2.24) is 0 Å². The minimum Gasteiger partial charge on any atom is -0.493 e. The molecule has 2 nitrogen and oxygen atoms in total. The predicted molar refractivity (Wildman–Crippen MR) is 93.3 cm³/mol. The van der Waals surface area contributed by atoms with Crippen LogP contribution in [0.1, 0.15) is 19.4 Å². The Balaban J connectivity index is 1.96. The third-order valence-corrected chi connectivity index (χ3v) is 4.11. The number of halogens is 2. The minimum absolute atomic E-state index is 0.521. The Bertz CT molecular complexity index is 601. The van der Waals surface area contributed by atoms with Crippen LogP contribution in [-0.2, 0) is 6.54 Å². The van der Waals surface area contributed by atoms with E-state index in [9.17, 15) is 0 Å². The average molecular weight is 369 g/mol. The van der Waals surface area contributed by atoms with Crippen LogP contribution in [0.4, 0.5) is 5.69 Å². The molecule has 0 saturated heterocycles. The van der Waals surface area contributed by atoms with Crippen LogP contribution in [0.15, 0.2) is 46.9 Å². The molecule has 0 bridgehead atoms. The topological polar surface area (TPSA) is 21.3 Å². The van der Waals surface area contributed by atoms with E-state index < -0.39 is 0 Å². The van der Waals surface area contributed by atoms with E-state index in [2.05, 4.69) is 35.1 Å². The second-order valence-corrected chi connectivity index (χ2v) is 6.60. The van der Waals surface area contributed by atoms with Gasteiger partial charge in [-0.25, -0.2) is 0 Å². The molecule has 0 atom stereocenters. The number of hydrogen-bond acceptors (Lipinski definition) is 2. The predicted octanol–water partition coefficient (Wildman–Crippen LogP) is 5.75. The quantitative estimate of drug-likeness (QED) is 0.701. The third-order valence-electron chi connectivity index (χ3n) is 2.90. The van der Waals surface area contributed by atoms with Gasteiger partial charge in [0.2, 0.25) is 0 Å². The van der Waals surface area contributed by atoms with Crippen LogP contribution >= 0.6 is 27.5 Å². The first-order valence-electron chi connectivity index (χ1n) is 6.95. The van der Waals surface area contributed by atoms with Crippen LogP contribution in [0.3, 0.4) is 0 Å². The van der Waals surface area contributed by atoms with E-state index in [-0.39, 0.29) is 0 Å². The molecule has 0 heterocycles. The Morgan fingerprint density at radius 1 is 1.19 bits per heavy atom. The highest BCUT2D eigenvalue weighted by atomic mass is 79.9.